The normalized spacial score (nSPS) is 27.7. The third-order valence-electron chi connectivity index (χ3n) is 1.95. The van der Waals surface area contributed by atoms with Crippen LogP contribution < -0.4 is 11.1 Å². The van der Waals surface area contributed by atoms with E-state index in [1.807, 2.05) is 0 Å². The maximum Gasteiger partial charge on any atom is 0.405 e. The van der Waals surface area contributed by atoms with Crippen LogP contribution in [-0.4, -0.2) is 37.4 Å². The maximum atomic E-state index is 11.7. The number of nitrogens with one attached hydrogen (secondary N) is 1. The van der Waals surface area contributed by atoms with E-state index in [0.717, 1.165) is 0 Å². The van der Waals surface area contributed by atoms with E-state index in [-0.39, 0.29) is 13.0 Å². The molecule has 4 nitrogen and oxygen atoms in total. The summed E-state index contributed by atoms with van der Waals surface area (Å²) in [5.74, 6) is -0.813. The van der Waals surface area contributed by atoms with E-state index in [0.29, 0.717) is 6.61 Å². The second-order valence-electron chi connectivity index (χ2n) is 3.26. The van der Waals surface area contributed by atoms with Crippen LogP contribution in [0.5, 0.6) is 0 Å². The number of ether oxygens (including phenoxy) is 1. The number of amides is 1. The molecular weight excluding hydrogens is 201 g/mol. The molecule has 0 bridgehead atoms. The molecule has 0 aromatic heterocycles. The average molecular weight is 212 g/mol. The van der Waals surface area contributed by atoms with Crippen LogP contribution in [0.4, 0.5) is 13.2 Å². The van der Waals surface area contributed by atoms with Crippen molar-refractivity contribution in [2.24, 2.45) is 5.73 Å². The molecule has 82 valence electrons. The minimum atomic E-state index is -4.41. The molecular formula is C7H11F3N2O2. The highest BCUT2D eigenvalue weighted by molar-refractivity contribution is 5.86. The number of carbonyl (C=O) groups is 1. The number of halogens is 3. The molecule has 0 aromatic carbocycles. The largest absolute Gasteiger partial charge is 0.405 e. The second kappa shape index (κ2) is 3.74. The zero-order valence-electron chi connectivity index (χ0n) is 7.36. The van der Waals surface area contributed by atoms with E-state index in [1.165, 1.54) is 0 Å². The van der Waals surface area contributed by atoms with Crippen molar-refractivity contribution < 1.29 is 22.7 Å². The summed E-state index contributed by atoms with van der Waals surface area (Å²) in [5.41, 5.74) is 4.23. The lowest BCUT2D eigenvalue weighted by Gasteiger charge is -2.20. The SMILES string of the molecule is NC1(C(=O)NCC(F)(F)F)CCOC1. The lowest BCUT2D eigenvalue weighted by Crippen LogP contribution is -2.55. The number of nitrogens with two attached hydrogens (primary N) is 1. The number of hydrogen-bond donors (Lipinski definition) is 2. The monoisotopic (exact) mass is 212 g/mol. The summed E-state index contributed by atoms with van der Waals surface area (Å²) >= 11 is 0. The first-order valence-electron chi connectivity index (χ1n) is 4.05. The number of hydrogen-bond acceptors (Lipinski definition) is 3. The Morgan fingerprint density at radius 1 is 1.57 bits per heavy atom. The van der Waals surface area contributed by atoms with Crippen molar-refractivity contribution in [2.45, 2.75) is 18.1 Å². The molecule has 0 saturated carbocycles. The predicted molar refractivity (Wildman–Crippen MR) is 41.4 cm³/mol. The molecule has 0 spiro atoms. The second-order valence-corrected chi connectivity index (χ2v) is 3.26. The minimum absolute atomic E-state index is 0.0311. The molecule has 1 fully saturated rings. The third-order valence-corrected chi connectivity index (χ3v) is 1.95. The van der Waals surface area contributed by atoms with Crippen LogP contribution in [0.3, 0.4) is 0 Å². The van der Waals surface area contributed by atoms with Crippen molar-refractivity contribution >= 4 is 5.91 Å². The van der Waals surface area contributed by atoms with Crippen molar-refractivity contribution in [3.05, 3.63) is 0 Å². The highest BCUT2D eigenvalue weighted by Gasteiger charge is 2.39. The third kappa shape index (κ3) is 2.85. The van der Waals surface area contributed by atoms with Gasteiger partial charge in [0.1, 0.15) is 12.1 Å². The molecule has 1 aliphatic heterocycles. The van der Waals surface area contributed by atoms with Gasteiger partial charge >= 0.3 is 6.18 Å². The van der Waals surface area contributed by atoms with Gasteiger partial charge in [-0.3, -0.25) is 4.79 Å². The van der Waals surface area contributed by atoms with Crippen LogP contribution in [0.1, 0.15) is 6.42 Å². The minimum Gasteiger partial charge on any atom is -0.379 e. The summed E-state index contributed by atoms with van der Waals surface area (Å²) in [6, 6.07) is 0. The van der Waals surface area contributed by atoms with Gasteiger partial charge in [-0.05, 0) is 6.42 Å². The Morgan fingerprint density at radius 2 is 2.21 bits per heavy atom. The molecule has 0 radical (unpaired) electrons. The lowest BCUT2D eigenvalue weighted by atomic mass is 9.99. The highest BCUT2D eigenvalue weighted by atomic mass is 19.4. The number of rotatable bonds is 2. The van der Waals surface area contributed by atoms with Crippen molar-refractivity contribution in [2.75, 3.05) is 19.8 Å². The van der Waals surface area contributed by atoms with E-state index >= 15 is 0 Å². The standard InChI is InChI=1S/C7H11F3N2O2/c8-7(9,10)3-12-5(13)6(11)1-2-14-4-6/h1-4,11H2,(H,12,13). The zero-order chi connectivity index (χ0) is 10.8. The van der Waals surface area contributed by atoms with Crippen LogP contribution in [0.15, 0.2) is 0 Å². The first kappa shape index (κ1) is 11.3. The average Bonchev–Trinajstić information content (AvgIpc) is 2.48. The van der Waals surface area contributed by atoms with Crippen molar-refractivity contribution in [1.29, 1.82) is 0 Å². The van der Waals surface area contributed by atoms with Gasteiger partial charge in [0, 0.05) is 6.61 Å². The maximum absolute atomic E-state index is 11.7. The summed E-state index contributed by atoms with van der Waals surface area (Å²) in [5, 5.41) is 1.74. The molecule has 3 N–H and O–H groups in total. The Labute approximate surface area is 78.6 Å². The Balaban J connectivity index is 2.42. The molecule has 1 unspecified atom stereocenters. The first-order valence-corrected chi connectivity index (χ1v) is 4.05. The van der Waals surface area contributed by atoms with Crippen LogP contribution >= 0.6 is 0 Å². The van der Waals surface area contributed by atoms with Crippen molar-refractivity contribution in [1.82, 2.24) is 5.32 Å². The highest BCUT2D eigenvalue weighted by Crippen LogP contribution is 2.17. The Bertz CT molecular complexity index is 223. The van der Waals surface area contributed by atoms with Gasteiger partial charge in [-0.25, -0.2) is 0 Å². The van der Waals surface area contributed by atoms with Gasteiger partial charge in [0.05, 0.1) is 6.61 Å². The topological polar surface area (TPSA) is 64.4 Å². The van der Waals surface area contributed by atoms with Crippen LogP contribution in [-0.2, 0) is 9.53 Å². The summed E-state index contributed by atoms with van der Waals surface area (Å²) < 4.78 is 40.1. The van der Waals surface area contributed by atoms with E-state index < -0.39 is 24.2 Å². The molecule has 1 saturated heterocycles. The molecule has 0 aromatic rings. The Morgan fingerprint density at radius 3 is 2.64 bits per heavy atom. The van der Waals surface area contributed by atoms with Gasteiger partial charge in [0.15, 0.2) is 0 Å². The van der Waals surface area contributed by atoms with Gasteiger partial charge < -0.3 is 15.8 Å². The zero-order valence-corrected chi connectivity index (χ0v) is 7.36. The number of alkyl halides is 3. The van der Waals surface area contributed by atoms with Crippen molar-refractivity contribution in [3.8, 4) is 0 Å². The molecule has 14 heavy (non-hydrogen) atoms. The quantitative estimate of drug-likeness (QED) is 0.665. The summed E-state index contributed by atoms with van der Waals surface area (Å²) in [6.45, 7) is -1.09. The number of carbonyl (C=O) groups excluding carboxylic acids is 1. The first-order chi connectivity index (χ1) is 6.33. The van der Waals surface area contributed by atoms with E-state index in [1.54, 1.807) is 5.32 Å². The molecule has 1 amide bonds. The summed E-state index contributed by atoms with van der Waals surface area (Å²) in [4.78, 5) is 11.2. The fourth-order valence-corrected chi connectivity index (χ4v) is 1.12. The van der Waals surface area contributed by atoms with E-state index in [4.69, 9.17) is 10.5 Å². The van der Waals surface area contributed by atoms with Gasteiger partial charge in [0.25, 0.3) is 0 Å². The van der Waals surface area contributed by atoms with E-state index in [2.05, 4.69) is 0 Å². The molecule has 1 rings (SSSR count). The predicted octanol–water partition coefficient (Wildman–Crippen LogP) is -0.217. The van der Waals surface area contributed by atoms with Crippen LogP contribution in [0.25, 0.3) is 0 Å². The molecule has 1 atom stereocenters. The fraction of sp³-hybridized carbons (Fsp3) is 0.857. The van der Waals surface area contributed by atoms with Crippen LogP contribution in [0.2, 0.25) is 0 Å². The van der Waals surface area contributed by atoms with Gasteiger partial charge in [-0.2, -0.15) is 13.2 Å². The summed E-state index contributed by atoms with van der Waals surface area (Å²) in [7, 11) is 0. The van der Waals surface area contributed by atoms with Crippen molar-refractivity contribution in [3.63, 3.8) is 0 Å². The molecule has 7 heteroatoms. The van der Waals surface area contributed by atoms with Gasteiger partial charge in [-0.1, -0.05) is 0 Å². The molecule has 1 aliphatic rings. The molecule has 0 aliphatic carbocycles. The fourth-order valence-electron chi connectivity index (χ4n) is 1.12. The summed E-state index contributed by atoms with van der Waals surface area (Å²) in [6.07, 6.45) is -4.16. The van der Waals surface area contributed by atoms with Gasteiger partial charge in [-0.15, -0.1) is 0 Å². The Kier molecular flexibility index (Phi) is 3.01. The van der Waals surface area contributed by atoms with Crippen LogP contribution in [0, 0.1) is 0 Å². The smallest absolute Gasteiger partial charge is 0.379 e. The lowest BCUT2D eigenvalue weighted by molar-refractivity contribution is -0.141. The molecule has 1 heterocycles. The Hall–Kier alpha value is -0.820. The van der Waals surface area contributed by atoms with E-state index in [9.17, 15) is 18.0 Å². The van der Waals surface area contributed by atoms with Gasteiger partial charge in [0.2, 0.25) is 5.91 Å².